The highest BCUT2D eigenvalue weighted by Crippen LogP contribution is 2.24. The molecule has 0 radical (unpaired) electrons. The van der Waals surface area contributed by atoms with Gasteiger partial charge < -0.3 is 9.64 Å². The first-order valence-corrected chi connectivity index (χ1v) is 5.48. The number of benzene rings is 1. The van der Waals surface area contributed by atoms with Gasteiger partial charge in [0, 0.05) is 13.1 Å². The molecule has 0 unspecified atom stereocenters. The van der Waals surface area contributed by atoms with Crippen LogP contribution in [0.2, 0.25) is 0 Å². The van der Waals surface area contributed by atoms with E-state index in [-0.39, 0.29) is 5.75 Å². The summed E-state index contributed by atoms with van der Waals surface area (Å²) in [6.07, 6.45) is -2.92. The SMILES string of the molecule is O=CN1CCc2cc(OCC(F)(F)F)ccc2C1. The number of alkyl halides is 3. The van der Waals surface area contributed by atoms with Crippen molar-refractivity contribution in [3.63, 3.8) is 0 Å². The number of fused-ring (bicyclic) bond motifs is 1. The van der Waals surface area contributed by atoms with Gasteiger partial charge in [0.15, 0.2) is 6.61 Å². The fraction of sp³-hybridized carbons (Fsp3) is 0.417. The molecule has 0 aliphatic carbocycles. The predicted octanol–water partition coefficient (Wildman–Crippen LogP) is 2.14. The quantitative estimate of drug-likeness (QED) is 0.778. The van der Waals surface area contributed by atoms with Gasteiger partial charge in [0.2, 0.25) is 6.41 Å². The standard InChI is InChI=1S/C12H12F3NO2/c13-12(14,15)7-18-11-2-1-10-6-16(8-17)4-3-9(10)5-11/h1-2,5,8H,3-4,6-7H2. The van der Waals surface area contributed by atoms with Crippen LogP contribution in [0.25, 0.3) is 0 Å². The summed E-state index contributed by atoms with van der Waals surface area (Å²) in [5.41, 5.74) is 1.89. The lowest BCUT2D eigenvalue weighted by atomic mass is 10.00. The topological polar surface area (TPSA) is 29.5 Å². The molecule has 0 atom stereocenters. The second kappa shape index (κ2) is 4.88. The van der Waals surface area contributed by atoms with E-state index in [2.05, 4.69) is 4.74 Å². The van der Waals surface area contributed by atoms with Crippen molar-refractivity contribution in [2.24, 2.45) is 0 Å². The lowest BCUT2D eigenvalue weighted by molar-refractivity contribution is -0.153. The summed E-state index contributed by atoms with van der Waals surface area (Å²) in [7, 11) is 0. The number of hydrogen-bond donors (Lipinski definition) is 0. The molecule has 18 heavy (non-hydrogen) atoms. The van der Waals surface area contributed by atoms with Crippen LogP contribution in [0.4, 0.5) is 13.2 Å². The summed E-state index contributed by atoms with van der Waals surface area (Å²) < 4.78 is 40.7. The Hall–Kier alpha value is -1.72. The van der Waals surface area contributed by atoms with Crippen LogP contribution >= 0.6 is 0 Å². The molecule has 1 aromatic carbocycles. The molecule has 3 nitrogen and oxygen atoms in total. The van der Waals surface area contributed by atoms with E-state index < -0.39 is 12.8 Å². The van der Waals surface area contributed by atoms with Crippen LogP contribution in [-0.2, 0) is 17.8 Å². The Kier molecular flexibility index (Phi) is 3.45. The highest BCUT2D eigenvalue weighted by molar-refractivity contribution is 5.49. The van der Waals surface area contributed by atoms with Gasteiger partial charge in [0.05, 0.1) is 0 Å². The van der Waals surface area contributed by atoms with E-state index in [1.807, 2.05) is 0 Å². The Morgan fingerprint density at radius 1 is 1.33 bits per heavy atom. The summed E-state index contributed by atoms with van der Waals surface area (Å²) in [5, 5.41) is 0. The molecule has 0 aromatic heterocycles. The number of rotatable bonds is 3. The largest absolute Gasteiger partial charge is 0.484 e. The van der Waals surface area contributed by atoms with Gasteiger partial charge in [-0.05, 0) is 29.7 Å². The molecule has 0 N–H and O–H groups in total. The fourth-order valence-corrected chi connectivity index (χ4v) is 1.90. The second-order valence-electron chi connectivity index (χ2n) is 4.16. The number of halogens is 3. The number of hydrogen-bond acceptors (Lipinski definition) is 2. The fourth-order valence-electron chi connectivity index (χ4n) is 1.90. The van der Waals surface area contributed by atoms with E-state index in [1.165, 1.54) is 6.07 Å². The maximum atomic E-state index is 12.0. The zero-order valence-corrected chi connectivity index (χ0v) is 9.54. The third kappa shape index (κ3) is 3.15. The average molecular weight is 259 g/mol. The molecule has 6 heteroatoms. The molecule has 1 heterocycles. The van der Waals surface area contributed by atoms with Crippen LogP contribution in [0.1, 0.15) is 11.1 Å². The lowest BCUT2D eigenvalue weighted by Crippen LogP contribution is -2.29. The summed E-state index contributed by atoms with van der Waals surface area (Å²) in [4.78, 5) is 12.2. The molecular formula is C12H12F3NO2. The summed E-state index contributed by atoms with van der Waals surface area (Å²) in [6.45, 7) is -0.205. The molecule has 1 amide bonds. The van der Waals surface area contributed by atoms with E-state index in [9.17, 15) is 18.0 Å². The first-order chi connectivity index (χ1) is 8.48. The van der Waals surface area contributed by atoms with Crippen molar-refractivity contribution in [3.05, 3.63) is 29.3 Å². The van der Waals surface area contributed by atoms with Gasteiger partial charge in [-0.1, -0.05) is 6.07 Å². The van der Waals surface area contributed by atoms with Crippen molar-refractivity contribution in [2.45, 2.75) is 19.1 Å². The van der Waals surface area contributed by atoms with E-state index in [0.29, 0.717) is 19.5 Å². The normalized spacial score (nSPS) is 15.2. The monoisotopic (exact) mass is 259 g/mol. The Morgan fingerprint density at radius 3 is 2.78 bits per heavy atom. The highest BCUT2D eigenvalue weighted by atomic mass is 19.4. The second-order valence-corrected chi connectivity index (χ2v) is 4.16. The van der Waals surface area contributed by atoms with Crippen LogP contribution in [0.3, 0.4) is 0 Å². The molecule has 1 aromatic rings. The van der Waals surface area contributed by atoms with Crippen LogP contribution in [-0.4, -0.2) is 30.6 Å². The minimum absolute atomic E-state index is 0.214. The Bertz CT molecular complexity index is 445. The van der Waals surface area contributed by atoms with Crippen molar-refractivity contribution in [1.29, 1.82) is 0 Å². The van der Waals surface area contributed by atoms with Crippen molar-refractivity contribution in [1.82, 2.24) is 4.90 Å². The molecule has 98 valence electrons. The van der Waals surface area contributed by atoms with Crippen LogP contribution in [0.15, 0.2) is 18.2 Å². The first-order valence-electron chi connectivity index (χ1n) is 5.48. The Balaban J connectivity index is 2.06. The van der Waals surface area contributed by atoms with Crippen LogP contribution in [0.5, 0.6) is 5.75 Å². The molecule has 1 aliphatic heterocycles. The van der Waals surface area contributed by atoms with E-state index in [4.69, 9.17) is 0 Å². The maximum Gasteiger partial charge on any atom is 0.422 e. The molecule has 0 spiro atoms. The van der Waals surface area contributed by atoms with Crippen molar-refractivity contribution < 1.29 is 22.7 Å². The Morgan fingerprint density at radius 2 is 2.11 bits per heavy atom. The summed E-state index contributed by atoms with van der Waals surface area (Å²) in [5.74, 6) is 0.214. The number of carbonyl (C=O) groups is 1. The van der Waals surface area contributed by atoms with Gasteiger partial charge in [0.1, 0.15) is 5.75 Å². The minimum atomic E-state index is -4.33. The third-order valence-corrected chi connectivity index (χ3v) is 2.77. The van der Waals surface area contributed by atoms with Crippen molar-refractivity contribution >= 4 is 6.41 Å². The zero-order valence-electron chi connectivity index (χ0n) is 9.54. The van der Waals surface area contributed by atoms with E-state index in [0.717, 1.165) is 17.5 Å². The maximum absolute atomic E-state index is 12.0. The molecular weight excluding hydrogens is 247 g/mol. The van der Waals surface area contributed by atoms with Crippen LogP contribution in [0, 0.1) is 0 Å². The molecule has 0 bridgehead atoms. The van der Waals surface area contributed by atoms with Crippen molar-refractivity contribution in [2.75, 3.05) is 13.2 Å². The number of ether oxygens (including phenoxy) is 1. The molecule has 0 saturated carbocycles. The van der Waals surface area contributed by atoms with Gasteiger partial charge in [-0.25, -0.2) is 0 Å². The summed E-state index contributed by atoms with van der Waals surface area (Å²) in [6, 6.07) is 4.82. The van der Waals surface area contributed by atoms with E-state index in [1.54, 1.807) is 17.0 Å². The van der Waals surface area contributed by atoms with Gasteiger partial charge >= 0.3 is 6.18 Å². The number of amides is 1. The van der Waals surface area contributed by atoms with Gasteiger partial charge in [-0.2, -0.15) is 13.2 Å². The predicted molar refractivity (Wildman–Crippen MR) is 58.2 cm³/mol. The minimum Gasteiger partial charge on any atom is -0.484 e. The highest BCUT2D eigenvalue weighted by Gasteiger charge is 2.28. The lowest BCUT2D eigenvalue weighted by Gasteiger charge is -2.25. The molecule has 1 aliphatic rings. The first kappa shape index (κ1) is 12.7. The summed E-state index contributed by atoms with van der Waals surface area (Å²) >= 11 is 0. The number of nitrogens with zero attached hydrogens (tertiary/aromatic N) is 1. The van der Waals surface area contributed by atoms with Crippen molar-refractivity contribution in [3.8, 4) is 5.75 Å². The zero-order chi connectivity index (χ0) is 13.2. The molecule has 0 saturated heterocycles. The molecule has 2 rings (SSSR count). The molecule has 0 fully saturated rings. The van der Waals surface area contributed by atoms with Gasteiger partial charge in [-0.15, -0.1) is 0 Å². The smallest absolute Gasteiger partial charge is 0.422 e. The van der Waals surface area contributed by atoms with Crippen LogP contribution < -0.4 is 4.74 Å². The average Bonchev–Trinajstić information content (AvgIpc) is 2.34. The van der Waals surface area contributed by atoms with E-state index >= 15 is 0 Å². The number of carbonyl (C=O) groups excluding carboxylic acids is 1. The van der Waals surface area contributed by atoms with Gasteiger partial charge in [0.25, 0.3) is 0 Å². The third-order valence-electron chi connectivity index (χ3n) is 2.77. The van der Waals surface area contributed by atoms with Gasteiger partial charge in [-0.3, -0.25) is 4.79 Å². The Labute approximate surface area is 102 Å².